The summed E-state index contributed by atoms with van der Waals surface area (Å²) in [5, 5.41) is 0.405. The first-order valence-electron chi connectivity index (χ1n) is 10.2. The smallest absolute Gasteiger partial charge is 0.262 e. The maximum atomic E-state index is 13.2. The van der Waals surface area contributed by atoms with Crippen LogP contribution in [-0.4, -0.2) is 55.7 Å². The lowest BCUT2D eigenvalue weighted by atomic mass is 10.1. The second-order valence-corrected chi connectivity index (χ2v) is 9.52. The zero-order chi connectivity index (χ0) is 22.8. The van der Waals surface area contributed by atoms with Crippen molar-refractivity contribution in [3.05, 3.63) is 58.6 Å². The SMILES string of the molecule is CCC1C(=O)N(CC)CCN1C(=O)c1ccc(C)c(S(=O)(=O)Nc2cccc(Cl)c2)c1. The van der Waals surface area contributed by atoms with Crippen molar-refractivity contribution in [1.29, 1.82) is 0 Å². The topological polar surface area (TPSA) is 86.8 Å². The third-order valence-corrected chi connectivity index (χ3v) is 7.17. The number of nitrogens with zero attached hydrogens (tertiary/aromatic N) is 2. The lowest BCUT2D eigenvalue weighted by Crippen LogP contribution is -2.58. The molecule has 0 spiro atoms. The van der Waals surface area contributed by atoms with Crippen LogP contribution in [0.1, 0.15) is 36.2 Å². The van der Waals surface area contributed by atoms with Crippen LogP contribution in [0, 0.1) is 6.92 Å². The highest BCUT2D eigenvalue weighted by atomic mass is 35.5. The van der Waals surface area contributed by atoms with Gasteiger partial charge in [-0.15, -0.1) is 0 Å². The molecule has 2 amide bonds. The van der Waals surface area contributed by atoms with E-state index in [1.807, 2.05) is 13.8 Å². The number of nitrogens with one attached hydrogen (secondary N) is 1. The van der Waals surface area contributed by atoms with Crippen molar-refractivity contribution in [3.8, 4) is 0 Å². The third kappa shape index (κ3) is 4.85. The summed E-state index contributed by atoms with van der Waals surface area (Å²) >= 11 is 5.95. The molecule has 2 aromatic rings. The quantitative estimate of drug-likeness (QED) is 0.709. The Balaban J connectivity index is 1.91. The summed E-state index contributed by atoms with van der Waals surface area (Å²) in [6.45, 7) is 6.91. The van der Waals surface area contributed by atoms with Crippen LogP contribution in [-0.2, 0) is 14.8 Å². The number of sulfonamides is 1. The molecular formula is C22H26ClN3O4S. The molecule has 1 atom stereocenters. The van der Waals surface area contributed by atoms with Gasteiger partial charge >= 0.3 is 0 Å². The first-order chi connectivity index (χ1) is 14.7. The molecule has 1 heterocycles. The summed E-state index contributed by atoms with van der Waals surface area (Å²) in [6.07, 6.45) is 0.494. The molecule has 0 aromatic heterocycles. The van der Waals surface area contributed by atoms with Crippen molar-refractivity contribution in [2.75, 3.05) is 24.4 Å². The number of piperazine rings is 1. The number of likely N-dealkylation sites (N-methyl/N-ethyl adjacent to an activating group) is 1. The van der Waals surface area contributed by atoms with Gasteiger partial charge in [-0.25, -0.2) is 8.42 Å². The molecule has 1 unspecified atom stereocenters. The maximum absolute atomic E-state index is 13.2. The molecule has 7 nitrogen and oxygen atoms in total. The van der Waals surface area contributed by atoms with E-state index in [0.29, 0.717) is 42.3 Å². The minimum Gasteiger partial charge on any atom is -0.339 e. The Morgan fingerprint density at radius 2 is 1.90 bits per heavy atom. The predicted molar refractivity (Wildman–Crippen MR) is 121 cm³/mol. The van der Waals surface area contributed by atoms with E-state index in [4.69, 9.17) is 11.6 Å². The highest BCUT2D eigenvalue weighted by Crippen LogP contribution is 2.24. The zero-order valence-electron chi connectivity index (χ0n) is 17.8. The molecule has 0 bridgehead atoms. The summed E-state index contributed by atoms with van der Waals surface area (Å²) in [5.41, 5.74) is 1.06. The standard InChI is InChI=1S/C22H26ClN3O4S/c1-4-19-22(28)25(5-2)11-12-26(19)21(27)16-10-9-15(3)20(13-16)31(29,30)24-18-8-6-7-17(23)14-18/h6-10,13-14,19,24H,4-5,11-12H2,1-3H3. The van der Waals surface area contributed by atoms with Crippen LogP contribution in [0.5, 0.6) is 0 Å². The van der Waals surface area contributed by atoms with Crippen LogP contribution in [0.3, 0.4) is 0 Å². The first-order valence-corrected chi connectivity index (χ1v) is 12.0. The molecular weight excluding hydrogens is 438 g/mol. The molecule has 1 aliphatic heterocycles. The summed E-state index contributed by atoms with van der Waals surface area (Å²) < 4.78 is 28.5. The van der Waals surface area contributed by atoms with Crippen LogP contribution in [0.25, 0.3) is 0 Å². The molecule has 1 aliphatic rings. The van der Waals surface area contributed by atoms with E-state index in [1.165, 1.54) is 12.1 Å². The highest BCUT2D eigenvalue weighted by Gasteiger charge is 2.36. The fourth-order valence-corrected chi connectivity index (χ4v) is 5.25. The van der Waals surface area contributed by atoms with E-state index in [0.717, 1.165) is 0 Å². The van der Waals surface area contributed by atoms with Gasteiger partial charge in [0.1, 0.15) is 6.04 Å². The number of aryl methyl sites for hydroxylation is 1. The minimum atomic E-state index is -3.94. The Hall–Kier alpha value is -2.58. The normalized spacial score (nSPS) is 17.0. The van der Waals surface area contributed by atoms with Crippen LogP contribution >= 0.6 is 11.6 Å². The Labute approximate surface area is 188 Å². The molecule has 2 aromatic carbocycles. The summed E-state index contributed by atoms with van der Waals surface area (Å²) in [6, 6.07) is 10.4. The molecule has 1 fully saturated rings. The molecule has 1 saturated heterocycles. The molecule has 9 heteroatoms. The van der Waals surface area contributed by atoms with Gasteiger partial charge in [0.2, 0.25) is 5.91 Å². The lowest BCUT2D eigenvalue weighted by Gasteiger charge is -2.40. The average molecular weight is 464 g/mol. The van der Waals surface area contributed by atoms with Crippen molar-refractivity contribution in [2.24, 2.45) is 0 Å². The highest BCUT2D eigenvalue weighted by molar-refractivity contribution is 7.92. The number of carbonyl (C=O) groups excluding carboxylic acids is 2. The second kappa shape index (κ2) is 9.28. The van der Waals surface area contributed by atoms with E-state index in [1.54, 1.807) is 47.1 Å². The Kier molecular flexibility index (Phi) is 6.91. The Morgan fingerprint density at radius 1 is 1.16 bits per heavy atom. The Morgan fingerprint density at radius 3 is 2.55 bits per heavy atom. The largest absolute Gasteiger partial charge is 0.339 e. The fraction of sp³-hybridized carbons (Fsp3) is 0.364. The van der Waals surface area contributed by atoms with Gasteiger partial charge in [0.05, 0.1) is 10.6 Å². The molecule has 0 saturated carbocycles. The number of amides is 2. The van der Waals surface area contributed by atoms with E-state index < -0.39 is 16.1 Å². The van der Waals surface area contributed by atoms with Crippen molar-refractivity contribution in [2.45, 2.75) is 38.1 Å². The van der Waals surface area contributed by atoms with Crippen LogP contribution in [0.2, 0.25) is 5.02 Å². The maximum Gasteiger partial charge on any atom is 0.262 e. The van der Waals surface area contributed by atoms with Gasteiger partial charge in [0, 0.05) is 30.2 Å². The van der Waals surface area contributed by atoms with Gasteiger partial charge < -0.3 is 9.80 Å². The van der Waals surface area contributed by atoms with Crippen molar-refractivity contribution in [3.63, 3.8) is 0 Å². The van der Waals surface area contributed by atoms with Gasteiger partial charge in [-0.05, 0) is 56.2 Å². The summed E-state index contributed by atoms with van der Waals surface area (Å²) in [4.78, 5) is 29.2. The number of hydrogen-bond acceptors (Lipinski definition) is 4. The molecule has 1 N–H and O–H groups in total. The average Bonchev–Trinajstić information content (AvgIpc) is 2.73. The predicted octanol–water partition coefficient (Wildman–Crippen LogP) is 3.53. The van der Waals surface area contributed by atoms with Crippen LogP contribution in [0.4, 0.5) is 5.69 Å². The van der Waals surface area contributed by atoms with E-state index in [2.05, 4.69) is 4.72 Å². The van der Waals surface area contributed by atoms with E-state index in [-0.39, 0.29) is 22.3 Å². The first kappa shape index (κ1) is 23.1. The number of rotatable bonds is 6. The number of carbonyl (C=O) groups is 2. The number of anilines is 1. The van der Waals surface area contributed by atoms with Crippen molar-refractivity contribution < 1.29 is 18.0 Å². The molecule has 166 valence electrons. The Bertz CT molecular complexity index is 1100. The van der Waals surface area contributed by atoms with Crippen LogP contribution < -0.4 is 4.72 Å². The number of hydrogen-bond donors (Lipinski definition) is 1. The molecule has 0 radical (unpaired) electrons. The fourth-order valence-electron chi connectivity index (χ4n) is 3.74. The van der Waals surface area contributed by atoms with E-state index in [9.17, 15) is 18.0 Å². The van der Waals surface area contributed by atoms with E-state index >= 15 is 0 Å². The minimum absolute atomic E-state index is 0.00453. The monoisotopic (exact) mass is 463 g/mol. The number of halogens is 1. The lowest BCUT2D eigenvalue weighted by molar-refractivity contribution is -0.140. The third-order valence-electron chi connectivity index (χ3n) is 5.41. The van der Waals surface area contributed by atoms with Gasteiger partial charge in [0.25, 0.3) is 15.9 Å². The van der Waals surface area contributed by atoms with Gasteiger partial charge in [-0.1, -0.05) is 30.7 Å². The summed E-state index contributed by atoms with van der Waals surface area (Å²) in [7, 11) is -3.94. The van der Waals surface area contributed by atoms with Gasteiger partial charge in [0.15, 0.2) is 0 Å². The van der Waals surface area contributed by atoms with Crippen LogP contribution in [0.15, 0.2) is 47.4 Å². The second-order valence-electron chi connectivity index (χ2n) is 7.44. The summed E-state index contributed by atoms with van der Waals surface area (Å²) in [5.74, 6) is -0.428. The van der Waals surface area contributed by atoms with Gasteiger partial charge in [-0.3, -0.25) is 14.3 Å². The van der Waals surface area contributed by atoms with Crippen molar-refractivity contribution in [1.82, 2.24) is 9.80 Å². The molecule has 0 aliphatic carbocycles. The van der Waals surface area contributed by atoms with Gasteiger partial charge in [-0.2, -0.15) is 0 Å². The molecule has 3 rings (SSSR count). The van der Waals surface area contributed by atoms with Crippen molar-refractivity contribution >= 4 is 39.1 Å². The number of benzene rings is 2. The zero-order valence-corrected chi connectivity index (χ0v) is 19.3. The molecule has 31 heavy (non-hydrogen) atoms.